The van der Waals surface area contributed by atoms with E-state index < -0.39 is 0 Å². The Labute approximate surface area is 384 Å². The molecule has 13 aromatic rings. The van der Waals surface area contributed by atoms with Gasteiger partial charge >= 0.3 is 0 Å². The summed E-state index contributed by atoms with van der Waals surface area (Å²) in [5.41, 5.74) is 12.4. The minimum absolute atomic E-state index is 0.584. The van der Waals surface area contributed by atoms with E-state index in [0.717, 1.165) is 76.4 Å². The summed E-state index contributed by atoms with van der Waals surface area (Å²) < 4.78 is 9.05. The Kier molecular flexibility index (Phi) is 8.83. The summed E-state index contributed by atoms with van der Waals surface area (Å²) in [5, 5.41) is 8.97. The molecule has 3 heterocycles. The Balaban J connectivity index is 1.02. The Morgan fingerprint density at radius 2 is 0.939 bits per heavy atom. The van der Waals surface area contributed by atoms with Crippen molar-refractivity contribution in [2.45, 2.75) is 0 Å². The minimum atomic E-state index is 0.584. The Morgan fingerprint density at radius 1 is 0.364 bits per heavy atom. The van der Waals surface area contributed by atoms with Crippen LogP contribution in [0.1, 0.15) is 5.56 Å². The van der Waals surface area contributed by atoms with Gasteiger partial charge in [-0.15, -0.1) is 11.3 Å². The van der Waals surface area contributed by atoms with E-state index in [-0.39, 0.29) is 0 Å². The lowest BCUT2D eigenvalue weighted by atomic mass is 9.97. The predicted molar refractivity (Wildman–Crippen MR) is 278 cm³/mol. The monoisotopic (exact) mass is 859 g/mol. The molecule has 0 aliphatic carbocycles. The molecule has 5 heteroatoms. The van der Waals surface area contributed by atoms with Crippen molar-refractivity contribution in [3.8, 4) is 67.5 Å². The molecule has 0 spiro atoms. The maximum atomic E-state index is 6.70. The van der Waals surface area contributed by atoms with Crippen molar-refractivity contribution in [2.75, 3.05) is 0 Å². The quantitative estimate of drug-likeness (QED) is 0.150. The zero-order chi connectivity index (χ0) is 43.7. The number of benzene rings is 10. The first-order valence-electron chi connectivity index (χ1n) is 22.1. The van der Waals surface area contributed by atoms with Crippen LogP contribution in [0.2, 0.25) is 0 Å². The highest BCUT2D eigenvalue weighted by Crippen LogP contribution is 2.45. The van der Waals surface area contributed by atoms with Crippen LogP contribution in [0.15, 0.2) is 217 Å². The van der Waals surface area contributed by atoms with Crippen LogP contribution in [-0.4, -0.2) is 15.0 Å². The number of thiophene rings is 1. The topological polar surface area (TPSA) is 51.8 Å². The predicted octanol–water partition coefficient (Wildman–Crippen LogP) is 17.1. The van der Waals surface area contributed by atoms with Crippen LogP contribution in [0, 0.1) is 0 Å². The van der Waals surface area contributed by atoms with E-state index in [9.17, 15) is 0 Å². The zero-order valence-electron chi connectivity index (χ0n) is 35.6. The number of rotatable bonds is 7. The fourth-order valence-electron chi connectivity index (χ4n) is 9.73. The highest BCUT2D eigenvalue weighted by molar-refractivity contribution is 7.26. The highest BCUT2D eigenvalue weighted by Gasteiger charge is 2.22. The second-order valence-electron chi connectivity index (χ2n) is 16.7. The van der Waals surface area contributed by atoms with Gasteiger partial charge in [-0.2, -0.15) is 0 Å². The highest BCUT2D eigenvalue weighted by atomic mass is 32.1. The fourth-order valence-corrected chi connectivity index (χ4v) is 11.1. The molecule has 13 rings (SSSR count). The third kappa shape index (κ3) is 6.24. The molecular weight excluding hydrogens is 823 g/mol. The molecular formula is C61H37N3OS. The standard InChI is InChI=1S/C61H37N3OS/c1-2-37-14-8-20-43(34-37)45-22-10-24-48-49-25-12-28-53(58(49)66-57(45)48)61-63-59(50-26-11-23-46-44-21-7-6-17-39(44)30-32-47(46)50)62-60(64-61)52-27-13-29-54-56(52)51-33-31-42(36-55(51)65-54)41-19-9-18-40(35-41)38-15-4-3-5-16-38/h2-36H,1H2. The lowest BCUT2D eigenvalue weighted by Gasteiger charge is -2.12. The van der Waals surface area contributed by atoms with Crippen molar-refractivity contribution in [2.24, 2.45) is 0 Å². The smallest absolute Gasteiger partial charge is 0.165 e. The Bertz CT molecular complexity index is 4090. The summed E-state index contributed by atoms with van der Waals surface area (Å²) in [5.74, 6) is 1.81. The summed E-state index contributed by atoms with van der Waals surface area (Å²) in [6.45, 7) is 4.03. The average Bonchev–Trinajstić information content (AvgIpc) is 3.97. The van der Waals surface area contributed by atoms with Crippen molar-refractivity contribution < 1.29 is 4.42 Å². The van der Waals surface area contributed by atoms with E-state index >= 15 is 0 Å². The molecule has 0 unspecified atom stereocenters. The molecule has 0 bridgehead atoms. The van der Waals surface area contributed by atoms with E-state index in [4.69, 9.17) is 19.4 Å². The van der Waals surface area contributed by atoms with Crippen molar-refractivity contribution >= 4 is 81.1 Å². The average molecular weight is 860 g/mol. The van der Waals surface area contributed by atoms with Gasteiger partial charge < -0.3 is 4.42 Å². The normalized spacial score (nSPS) is 11.7. The van der Waals surface area contributed by atoms with Crippen LogP contribution in [0.4, 0.5) is 0 Å². The van der Waals surface area contributed by atoms with Crippen LogP contribution in [-0.2, 0) is 0 Å². The zero-order valence-corrected chi connectivity index (χ0v) is 36.4. The molecule has 0 fully saturated rings. The molecule has 0 saturated heterocycles. The van der Waals surface area contributed by atoms with Gasteiger partial charge in [0.1, 0.15) is 11.2 Å². The molecule has 0 aliphatic heterocycles. The number of furan rings is 1. The lowest BCUT2D eigenvalue weighted by Crippen LogP contribution is -2.01. The molecule has 0 atom stereocenters. The fraction of sp³-hybridized carbons (Fsp3) is 0. The summed E-state index contributed by atoms with van der Waals surface area (Å²) in [6, 6.07) is 72.9. The van der Waals surface area contributed by atoms with Crippen molar-refractivity contribution in [3.63, 3.8) is 0 Å². The van der Waals surface area contributed by atoms with Gasteiger partial charge in [0.25, 0.3) is 0 Å². The molecule has 0 aliphatic rings. The molecule has 10 aromatic carbocycles. The summed E-state index contributed by atoms with van der Waals surface area (Å²) in [7, 11) is 0. The van der Waals surface area contributed by atoms with Crippen molar-refractivity contribution in [1.82, 2.24) is 15.0 Å². The van der Waals surface area contributed by atoms with Gasteiger partial charge in [-0.25, -0.2) is 15.0 Å². The molecule has 0 radical (unpaired) electrons. The number of hydrogen-bond donors (Lipinski definition) is 0. The number of fused-ring (bicyclic) bond motifs is 9. The van der Waals surface area contributed by atoms with E-state index in [0.29, 0.717) is 17.5 Å². The molecule has 66 heavy (non-hydrogen) atoms. The lowest BCUT2D eigenvalue weighted by molar-refractivity contribution is 0.669. The first kappa shape index (κ1) is 38.0. The van der Waals surface area contributed by atoms with E-state index in [2.05, 4.69) is 195 Å². The van der Waals surface area contributed by atoms with Crippen LogP contribution in [0.3, 0.4) is 0 Å². The van der Waals surface area contributed by atoms with Gasteiger partial charge in [0.2, 0.25) is 0 Å². The van der Waals surface area contributed by atoms with Crippen LogP contribution in [0.5, 0.6) is 0 Å². The van der Waals surface area contributed by atoms with E-state index in [1.54, 1.807) is 11.3 Å². The van der Waals surface area contributed by atoms with Crippen molar-refractivity contribution in [1.29, 1.82) is 0 Å². The van der Waals surface area contributed by atoms with Crippen LogP contribution < -0.4 is 0 Å². The van der Waals surface area contributed by atoms with Gasteiger partial charge in [0.15, 0.2) is 17.5 Å². The van der Waals surface area contributed by atoms with Gasteiger partial charge in [0.05, 0.1) is 0 Å². The van der Waals surface area contributed by atoms with Crippen LogP contribution >= 0.6 is 11.3 Å². The summed E-state index contributed by atoms with van der Waals surface area (Å²) in [4.78, 5) is 16.2. The third-order valence-corrected chi connectivity index (χ3v) is 14.2. The molecule has 0 N–H and O–H groups in total. The third-order valence-electron chi connectivity index (χ3n) is 12.9. The minimum Gasteiger partial charge on any atom is -0.456 e. The van der Waals surface area contributed by atoms with Gasteiger partial charge in [-0.3, -0.25) is 0 Å². The molecule has 4 nitrogen and oxygen atoms in total. The largest absolute Gasteiger partial charge is 0.456 e. The van der Waals surface area contributed by atoms with Crippen LogP contribution in [0.25, 0.3) is 137 Å². The Hall–Kier alpha value is -8.51. The second kappa shape index (κ2) is 15.3. The Morgan fingerprint density at radius 3 is 1.77 bits per heavy atom. The molecule has 0 amide bonds. The van der Waals surface area contributed by atoms with Gasteiger partial charge in [-0.1, -0.05) is 183 Å². The first-order chi connectivity index (χ1) is 32.6. The number of nitrogens with zero attached hydrogens (tertiary/aromatic N) is 3. The number of hydrogen-bond acceptors (Lipinski definition) is 5. The van der Waals surface area contributed by atoms with Gasteiger partial charge in [0, 0.05) is 47.6 Å². The first-order valence-corrected chi connectivity index (χ1v) is 22.9. The maximum absolute atomic E-state index is 6.70. The molecule has 0 saturated carbocycles. The van der Waals surface area contributed by atoms with E-state index in [1.165, 1.54) is 42.9 Å². The molecule has 3 aromatic heterocycles. The molecule has 308 valence electrons. The van der Waals surface area contributed by atoms with Crippen molar-refractivity contribution in [3.05, 3.63) is 218 Å². The van der Waals surface area contributed by atoms with Gasteiger partial charge in [-0.05, 0) is 96.9 Å². The van der Waals surface area contributed by atoms with E-state index in [1.807, 2.05) is 24.3 Å². The maximum Gasteiger partial charge on any atom is 0.165 e. The summed E-state index contributed by atoms with van der Waals surface area (Å²) >= 11 is 1.79. The summed E-state index contributed by atoms with van der Waals surface area (Å²) in [6.07, 6.45) is 1.90. The SMILES string of the molecule is C=Cc1cccc(-c2cccc3c2sc2c(-c4nc(-c5cccc6c5ccc5ccccc56)nc(-c5cccc6oc7cc(-c8cccc(-c9ccccc9)c8)ccc7c56)n4)cccc23)c1. The second-order valence-corrected chi connectivity index (χ2v) is 17.7. The number of aromatic nitrogens is 3.